The number of nitrogens with zero attached hydrogens (tertiary/aromatic N) is 2. The molecule has 0 N–H and O–H groups in total. The van der Waals surface area contributed by atoms with Crippen LogP contribution in [0.5, 0.6) is 0 Å². The Morgan fingerprint density at radius 2 is 1.90 bits per heavy atom. The van der Waals surface area contributed by atoms with Crippen molar-refractivity contribution in [1.29, 1.82) is 0 Å². The minimum absolute atomic E-state index is 0. The van der Waals surface area contributed by atoms with Gasteiger partial charge in [-0.15, -0.1) is 0 Å². The maximum atomic E-state index is 13.3. The zero-order chi connectivity index (χ0) is 19.9. The number of hydrogen-bond acceptors (Lipinski definition) is 1. The van der Waals surface area contributed by atoms with Crippen molar-refractivity contribution >= 4 is 28.4 Å². The van der Waals surface area contributed by atoms with Gasteiger partial charge in [0.2, 0.25) is 5.78 Å². The van der Waals surface area contributed by atoms with Gasteiger partial charge in [-0.2, -0.15) is 13.2 Å². The summed E-state index contributed by atoms with van der Waals surface area (Å²) in [6.45, 7) is 0.732. The summed E-state index contributed by atoms with van der Waals surface area (Å²) in [5.74, 6) is 0.728. The zero-order valence-corrected chi connectivity index (χ0v) is 17.0. The highest BCUT2D eigenvalue weighted by Gasteiger charge is 2.34. The molecule has 8 heteroatoms. The normalized spacial score (nSPS) is 14.2. The van der Waals surface area contributed by atoms with Crippen LogP contribution in [0.15, 0.2) is 42.5 Å². The van der Waals surface area contributed by atoms with Gasteiger partial charge in [0.25, 0.3) is 5.82 Å². The van der Waals surface area contributed by atoms with E-state index >= 15 is 0 Å². The largest absolute Gasteiger partial charge is 1.00 e. The summed E-state index contributed by atoms with van der Waals surface area (Å²) in [6.07, 6.45) is -0.707. The fraction of sp³-hybridized carbons (Fsp3) is 0.333. The van der Waals surface area contributed by atoms with E-state index in [1.807, 2.05) is 0 Å². The van der Waals surface area contributed by atoms with Crippen LogP contribution in [-0.4, -0.2) is 10.4 Å². The van der Waals surface area contributed by atoms with Crippen molar-refractivity contribution in [1.82, 2.24) is 4.57 Å². The van der Waals surface area contributed by atoms with Gasteiger partial charge in [-0.25, -0.2) is 9.13 Å². The number of benzene rings is 2. The second-order valence-corrected chi connectivity index (χ2v) is 7.54. The lowest BCUT2D eigenvalue weighted by molar-refractivity contribution is -0.678. The minimum atomic E-state index is -4.43. The van der Waals surface area contributed by atoms with Crippen LogP contribution >= 0.6 is 11.6 Å². The monoisotopic (exact) mass is 442 g/mol. The van der Waals surface area contributed by atoms with Gasteiger partial charge in [-0.1, -0.05) is 23.7 Å². The number of alkyl halides is 3. The fourth-order valence-corrected chi connectivity index (χ4v) is 4.08. The molecule has 3 nitrogen and oxygen atoms in total. The molecule has 1 aliphatic rings. The Morgan fingerprint density at radius 3 is 2.62 bits per heavy atom. The standard InChI is InChI=1S/C21H19ClF3N2O.ClH/c22-16-6-4-5-14(11-16)19(28)13-27-18-12-15(21(23,24)25)8-9-17(18)26-10-3-1-2-7-20(26)27;/h4-6,8-9,11-12H,1-3,7,10,13H2;1H/q+1;/p-1. The van der Waals surface area contributed by atoms with E-state index in [0.29, 0.717) is 16.1 Å². The minimum Gasteiger partial charge on any atom is -1.00 e. The average molecular weight is 443 g/mol. The Labute approximate surface area is 177 Å². The number of aromatic nitrogens is 2. The third-order valence-electron chi connectivity index (χ3n) is 5.24. The van der Waals surface area contributed by atoms with Crippen molar-refractivity contribution in [3.05, 3.63) is 64.4 Å². The van der Waals surface area contributed by atoms with Crippen molar-refractivity contribution in [2.45, 2.75) is 44.9 Å². The lowest BCUT2D eigenvalue weighted by Crippen LogP contribution is -3.00. The Hall–Kier alpha value is -2.05. The van der Waals surface area contributed by atoms with E-state index in [9.17, 15) is 18.0 Å². The number of ketones is 1. The molecule has 0 unspecified atom stereocenters. The molecule has 0 radical (unpaired) electrons. The SMILES string of the molecule is O=C(Cn1c2[n+](c3ccc(C(F)(F)F)cc31)CCCCC2)c1cccc(Cl)c1.[Cl-]. The fourth-order valence-electron chi connectivity index (χ4n) is 3.89. The van der Waals surface area contributed by atoms with Crippen LogP contribution in [0, 0.1) is 0 Å². The van der Waals surface area contributed by atoms with Gasteiger partial charge in [0.05, 0.1) is 12.1 Å². The number of fused-ring (bicyclic) bond motifs is 3. The summed E-state index contributed by atoms with van der Waals surface area (Å²) in [6, 6.07) is 10.4. The predicted octanol–water partition coefficient (Wildman–Crippen LogP) is 2.21. The molecule has 0 fully saturated rings. The summed E-state index contributed by atoms with van der Waals surface area (Å²) in [7, 11) is 0. The second kappa shape index (κ2) is 8.36. The first-order valence-electron chi connectivity index (χ1n) is 9.25. The van der Waals surface area contributed by atoms with Gasteiger partial charge >= 0.3 is 6.18 Å². The first-order valence-corrected chi connectivity index (χ1v) is 9.63. The van der Waals surface area contributed by atoms with Crippen LogP contribution < -0.4 is 17.0 Å². The third kappa shape index (κ3) is 4.28. The molecule has 2 heterocycles. The Morgan fingerprint density at radius 1 is 1.10 bits per heavy atom. The first kappa shape index (κ1) is 21.7. The molecule has 2 aromatic carbocycles. The number of rotatable bonds is 3. The van der Waals surface area contributed by atoms with E-state index in [-0.39, 0.29) is 24.7 Å². The number of carbonyl (C=O) groups excluding carboxylic acids is 1. The number of carbonyl (C=O) groups is 1. The molecule has 3 aromatic rings. The molecular formula is C21H19Cl2F3N2O. The van der Waals surface area contributed by atoms with Crippen LogP contribution in [0.3, 0.4) is 0 Å². The third-order valence-corrected chi connectivity index (χ3v) is 5.47. The van der Waals surface area contributed by atoms with Crippen LogP contribution in [0.1, 0.15) is 41.0 Å². The molecule has 0 spiro atoms. The number of halogens is 5. The molecule has 1 aromatic heterocycles. The summed E-state index contributed by atoms with van der Waals surface area (Å²) < 4.78 is 43.6. The van der Waals surface area contributed by atoms with Crippen molar-refractivity contribution in [3.63, 3.8) is 0 Å². The molecule has 0 amide bonds. The number of aryl methyl sites for hydroxylation is 1. The highest BCUT2D eigenvalue weighted by atomic mass is 35.5. The van der Waals surface area contributed by atoms with Crippen molar-refractivity contribution in [2.24, 2.45) is 0 Å². The number of Topliss-reactive ketones (excluding diaryl/α,β-unsaturated/α-hetero) is 1. The van der Waals surface area contributed by atoms with Crippen molar-refractivity contribution < 1.29 is 34.9 Å². The zero-order valence-electron chi connectivity index (χ0n) is 15.5. The van der Waals surface area contributed by atoms with E-state index in [0.717, 1.165) is 55.7 Å². The molecule has 154 valence electrons. The van der Waals surface area contributed by atoms with Gasteiger partial charge < -0.3 is 12.4 Å². The van der Waals surface area contributed by atoms with Crippen molar-refractivity contribution in [2.75, 3.05) is 0 Å². The summed E-state index contributed by atoms with van der Waals surface area (Å²) >= 11 is 5.99. The quantitative estimate of drug-likeness (QED) is 0.451. The highest BCUT2D eigenvalue weighted by Crippen LogP contribution is 2.32. The summed E-state index contributed by atoms with van der Waals surface area (Å²) in [5.41, 5.74) is 0.935. The van der Waals surface area contributed by atoms with Gasteiger partial charge in [0, 0.05) is 23.1 Å². The summed E-state index contributed by atoms with van der Waals surface area (Å²) in [5, 5.41) is 0.454. The van der Waals surface area contributed by atoms with E-state index < -0.39 is 11.7 Å². The summed E-state index contributed by atoms with van der Waals surface area (Å²) in [4.78, 5) is 12.9. The topological polar surface area (TPSA) is 25.9 Å². The van der Waals surface area contributed by atoms with Crippen LogP contribution in [-0.2, 0) is 25.7 Å². The van der Waals surface area contributed by atoms with Gasteiger partial charge in [-0.05, 0) is 43.5 Å². The van der Waals surface area contributed by atoms with Gasteiger partial charge in [0.15, 0.2) is 17.6 Å². The van der Waals surface area contributed by atoms with Gasteiger partial charge in [-0.3, -0.25) is 4.79 Å². The van der Waals surface area contributed by atoms with E-state index in [1.54, 1.807) is 28.8 Å². The van der Waals surface area contributed by atoms with Crippen LogP contribution in [0.2, 0.25) is 5.02 Å². The molecule has 1 aliphatic heterocycles. The molecule has 0 atom stereocenters. The molecule has 0 saturated heterocycles. The highest BCUT2D eigenvalue weighted by molar-refractivity contribution is 6.31. The van der Waals surface area contributed by atoms with E-state index in [4.69, 9.17) is 11.6 Å². The maximum absolute atomic E-state index is 13.3. The average Bonchev–Trinajstić information content (AvgIpc) is 2.80. The molecule has 0 aliphatic carbocycles. The molecule has 29 heavy (non-hydrogen) atoms. The Kier molecular flexibility index (Phi) is 6.24. The van der Waals surface area contributed by atoms with Crippen molar-refractivity contribution in [3.8, 4) is 0 Å². The lowest BCUT2D eigenvalue weighted by Gasteiger charge is -2.06. The molecule has 4 rings (SSSR count). The first-order chi connectivity index (χ1) is 13.3. The predicted molar refractivity (Wildman–Crippen MR) is 100 cm³/mol. The van der Waals surface area contributed by atoms with Gasteiger partial charge in [0.1, 0.15) is 0 Å². The van der Waals surface area contributed by atoms with Crippen LogP contribution in [0.4, 0.5) is 13.2 Å². The molecular weight excluding hydrogens is 424 g/mol. The smallest absolute Gasteiger partial charge is 0.416 e. The Balaban J connectivity index is 0.00000240. The lowest BCUT2D eigenvalue weighted by atomic mass is 10.1. The van der Waals surface area contributed by atoms with E-state index in [1.165, 1.54) is 6.07 Å². The number of imidazole rings is 1. The van der Waals surface area contributed by atoms with E-state index in [2.05, 4.69) is 4.57 Å². The molecule has 0 saturated carbocycles. The number of hydrogen-bond donors (Lipinski definition) is 0. The second-order valence-electron chi connectivity index (χ2n) is 7.10. The van der Waals surface area contributed by atoms with Crippen LogP contribution in [0.25, 0.3) is 11.0 Å². The molecule has 0 bridgehead atoms. The Bertz CT molecular complexity index is 1060. The maximum Gasteiger partial charge on any atom is 0.416 e.